The van der Waals surface area contributed by atoms with E-state index in [9.17, 15) is 9.50 Å². The molecule has 164 valence electrons. The summed E-state index contributed by atoms with van der Waals surface area (Å²) in [5.41, 5.74) is 8.03. The van der Waals surface area contributed by atoms with Crippen LogP contribution in [0.2, 0.25) is 5.02 Å². The van der Waals surface area contributed by atoms with Gasteiger partial charge in [-0.05, 0) is 38.5 Å². The van der Waals surface area contributed by atoms with Crippen molar-refractivity contribution in [2.45, 2.75) is 32.4 Å². The van der Waals surface area contributed by atoms with E-state index in [1.54, 1.807) is 13.8 Å². The van der Waals surface area contributed by atoms with E-state index in [1.165, 1.54) is 24.7 Å². The van der Waals surface area contributed by atoms with Gasteiger partial charge in [-0.15, -0.1) is 0 Å². The highest BCUT2D eigenvalue weighted by atomic mass is 35.5. The number of benzene rings is 1. The largest absolute Gasteiger partial charge is 0.399 e. The van der Waals surface area contributed by atoms with E-state index in [0.717, 1.165) is 5.56 Å². The average molecular weight is 453 g/mol. The number of pyridine rings is 2. The van der Waals surface area contributed by atoms with Gasteiger partial charge in [0.1, 0.15) is 16.8 Å². The number of anilines is 2. The number of nitrogen functional groups attached to an aromatic ring is 1. The summed E-state index contributed by atoms with van der Waals surface area (Å²) in [6.07, 6.45) is 4.32. The van der Waals surface area contributed by atoms with E-state index in [4.69, 9.17) is 17.3 Å². The quantitative estimate of drug-likeness (QED) is 0.371. The predicted molar refractivity (Wildman–Crippen MR) is 124 cm³/mol. The van der Waals surface area contributed by atoms with Crippen molar-refractivity contribution in [2.24, 2.45) is 0 Å². The van der Waals surface area contributed by atoms with Gasteiger partial charge in [0, 0.05) is 41.9 Å². The number of nitrogens with one attached hydrogen (secondary N) is 1. The van der Waals surface area contributed by atoms with E-state index in [2.05, 4.69) is 25.3 Å². The molecule has 0 fully saturated rings. The molecule has 0 saturated heterocycles. The third kappa shape index (κ3) is 4.32. The number of nitrogens with zero attached hydrogens (tertiary/aromatic N) is 4. The Morgan fingerprint density at radius 1 is 1.12 bits per heavy atom. The maximum Gasteiger partial charge on any atom is 0.159 e. The molecule has 7 nitrogen and oxygen atoms in total. The van der Waals surface area contributed by atoms with Crippen molar-refractivity contribution in [2.75, 3.05) is 11.1 Å². The molecule has 4 N–H and O–H groups in total. The maximum absolute atomic E-state index is 14.9. The van der Waals surface area contributed by atoms with Crippen LogP contribution in [0.1, 0.15) is 38.2 Å². The summed E-state index contributed by atoms with van der Waals surface area (Å²) in [6.45, 7) is 5.11. The van der Waals surface area contributed by atoms with Crippen LogP contribution in [0.3, 0.4) is 0 Å². The van der Waals surface area contributed by atoms with Gasteiger partial charge in [0.25, 0.3) is 0 Å². The highest BCUT2D eigenvalue weighted by Gasteiger charge is 2.21. The Morgan fingerprint density at radius 2 is 1.84 bits per heavy atom. The number of aliphatic hydroxyl groups is 1. The molecule has 4 aromatic rings. The number of halogens is 2. The van der Waals surface area contributed by atoms with Gasteiger partial charge >= 0.3 is 0 Å². The number of fused-ring (bicyclic) bond motifs is 1. The molecule has 1 aromatic carbocycles. The Balaban J connectivity index is 1.78. The van der Waals surface area contributed by atoms with Gasteiger partial charge in [-0.3, -0.25) is 4.98 Å². The SMILES string of the molecule is CC(Nc1c(Cl)cnc2cc(F)c(-c3cnc(C(C)(C)O)nc3)nc12)c1cccc(N)c1. The first kappa shape index (κ1) is 21.9. The third-order valence-electron chi connectivity index (χ3n) is 4.99. The Bertz CT molecular complexity index is 1290. The van der Waals surface area contributed by atoms with Gasteiger partial charge in [-0.1, -0.05) is 23.7 Å². The summed E-state index contributed by atoms with van der Waals surface area (Å²) in [7, 11) is 0. The lowest BCUT2D eigenvalue weighted by Crippen LogP contribution is -2.19. The van der Waals surface area contributed by atoms with Crippen molar-refractivity contribution in [3.05, 3.63) is 71.2 Å². The number of nitrogens with two attached hydrogens (primary N) is 1. The highest BCUT2D eigenvalue weighted by Crippen LogP contribution is 2.34. The van der Waals surface area contributed by atoms with Crippen molar-refractivity contribution >= 4 is 34.0 Å². The number of rotatable bonds is 5. The van der Waals surface area contributed by atoms with E-state index >= 15 is 0 Å². The molecule has 0 spiro atoms. The molecule has 0 aliphatic carbocycles. The summed E-state index contributed by atoms with van der Waals surface area (Å²) in [6, 6.07) is 8.66. The molecule has 4 rings (SSSR count). The van der Waals surface area contributed by atoms with Crippen LogP contribution in [0.4, 0.5) is 15.8 Å². The standard InChI is InChI=1S/C23H22ClFN6O/c1-12(13-5-4-6-15(26)7-13)30-20-16(24)11-27-18-8-17(25)19(31-21(18)20)14-9-28-22(29-10-14)23(2,3)32/h4-12,32H,26H2,1-3H3,(H,27,30). The number of hydrogen-bond acceptors (Lipinski definition) is 7. The molecule has 1 atom stereocenters. The molecule has 0 aliphatic rings. The molecule has 3 heterocycles. The molecule has 1 unspecified atom stereocenters. The van der Waals surface area contributed by atoms with Crippen LogP contribution in [-0.2, 0) is 5.60 Å². The van der Waals surface area contributed by atoms with Gasteiger partial charge in [0.2, 0.25) is 0 Å². The molecule has 0 bridgehead atoms. The monoisotopic (exact) mass is 452 g/mol. The summed E-state index contributed by atoms with van der Waals surface area (Å²) in [5, 5.41) is 13.8. The van der Waals surface area contributed by atoms with Crippen LogP contribution in [0.25, 0.3) is 22.3 Å². The van der Waals surface area contributed by atoms with Crippen molar-refractivity contribution < 1.29 is 9.50 Å². The topological polar surface area (TPSA) is 110 Å². The Kier molecular flexibility index (Phi) is 5.66. The first-order chi connectivity index (χ1) is 15.1. The van der Waals surface area contributed by atoms with E-state index < -0.39 is 11.4 Å². The van der Waals surface area contributed by atoms with Crippen molar-refractivity contribution in [1.82, 2.24) is 19.9 Å². The van der Waals surface area contributed by atoms with E-state index in [0.29, 0.717) is 33.0 Å². The molecule has 9 heteroatoms. The third-order valence-corrected chi connectivity index (χ3v) is 5.28. The van der Waals surface area contributed by atoms with Gasteiger partial charge in [-0.2, -0.15) is 0 Å². The molecule has 32 heavy (non-hydrogen) atoms. The van der Waals surface area contributed by atoms with Crippen molar-refractivity contribution in [3.63, 3.8) is 0 Å². The van der Waals surface area contributed by atoms with Gasteiger partial charge < -0.3 is 16.2 Å². The van der Waals surface area contributed by atoms with Crippen LogP contribution in [-0.4, -0.2) is 25.0 Å². The lowest BCUT2D eigenvalue weighted by atomic mass is 10.1. The fourth-order valence-corrected chi connectivity index (χ4v) is 3.49. The first-order valence-electron chi connectivity index (χ1n) is 9.95. The Morgan fingerprint density at radius 3 is 2.50 bits per heavy atom. The number of aromatic nitrogens is 4. The fraction of sp³-hybridized carbons (Fsp3) is 0.217. The normalized spacial score (nSPS) is 12.7. The lowest BCUT2D eigenvalue weighted by molar-refractivity contribution is 0.0687. The summed E-state index contributed by atoms with van der Waals surface area (Å²) in [5.74, 6) is -0.341. The molecule has 0 saturated carbocycles. The Labute approximate surface area is 189 Å². The van der Waals surface area contributed by atoms with Gasteiger partial charge in [-0.25, -0.2) is 19.3 Å². The molecule has 0 radical (unpaired) electrons. The first-order valence-corrected chi connectivity index (χ1v) is 10.3. The van der Waals surface area contributed by atoms with Crippen LogP contribution in [0, 0.1) is 5.82 Å². The zero-order chi connectivity index (χ0) is 23.0. The van der Waals surface area contributed by atoms with E-state index in [1.807, 2.05) is 31.2 Å². The van der Waals surface area contributed by atoms with Crippen molar-refractivity contribution in [1.29, 1.82) is 0 Å². The number of hydrogen-bond donors (Lipinski definition) is 3. The predicted octanol–water partition coefficient (Wildman–Crippen LogP) is 4.86. The highest BCUT2D eigenvalue weighted by molar-refractivity contribution is 6.34. The molecule has 0 amide bonds. The van der Waals surface area contributed by atoms with Crippen LogP contribution >= 0.6 is 11.6 Å². The second-order valence-electron chi connectivity index (χ2n) is 8.06. The maximum atomic E-state index is 14.9. The minimum Gasteiger partial charge on any atom is -0.399 e. The molecular formula is C23H22ClFN6O. The second-order valence-corrected chi connectivity index (χ2v) is 8.47. The van der Waals surface area contributed by atoms with E-state index in [-0.39, 0.29) is 17.6 Å². The zero-order valence-electron chi connectivity index (χ0n) is 17.8. The van der Waals surface area contributed by atoms with Gasteiger partial charge in [0.15, 0.2) is 11.6 Å². The molecule has 0 aliphatic heterocycles. The summed E-state index contributed by atoms with van der Waals surface area (Å²) < 4.78 is 14.9. The minimum absolute atomic E-state index is 0.0588. The van der Waals surface area contributed by atoms with Gasteiger partial charge in [0.05, 0.1) is 16.2 Å². The lowest BCUT2D eigenvalue weighted by Gasteiger charge is -2.19. The minimum atomic E-state index is -1.21. The molecular weight excluding hydrogens is 431 g/mol. The second kappa shape index (κ2) is 8.29. The Hall–Kier alpha value is -3.36. The zero-order valence-corrected chi connectivity index (χ0v) is 18.5. The average Bonchev–Trinajstić information content (AvgIpc) is 2.75. The molecule has 3 aromatic heterocycles. The fourth-order valence-electron chi connectivity index (χ4n) is 3.30. The smallest absolute Gasteiger partial charge is 0.159 e. The van der Waals surface area contributed by atoms with Crippen LogP contribution in [0.5, 0.6) is 0 Å². The van der Waals surface area contributed by atoms with Crippen molar-refractivity contribution in [3.8, 4) is 11.3 Å². The van der Waals surface area contributed by atoms with Crippen LogP contribution < -0.4 is 11.1 Å². The summed E-state index contributed by atoms with van der Waals surface area (Å²) in [4.78, 5) is 17.0. The van der Waals surface area contributed by atoms with Crippen LogP contribution in [0.15, 0.2) is 48.9 Å². The summed E-state index contributed by atoms with van der Waals surface area (Å²) >= 11 is 6.44.